The molecule has 7 nitrogen and oxygen atoms in total. The number of para-hydroxylation sites is 2. The number of furan rings is 1. The lowest BCUT2D eigenvalue weighted by atomic mass is 10.1. The van der Waals surface area contributed by atoms with Gasteiger partial charge in [-0.2, -0.15) is 5.26 Å². The summed E-state index contributed by atoms with van der Waals surface area (Å²) in [4.78, 5) is 24.7. The molecule has 2 N–H and O–H groups in total. The van der Waals surface area contributed by atoms with E-state index >= 15 is 0 Å². The van der Waals surface area contributed by atoms with Crippen molar-refractivity contribution in [3.63, 3.8) is 0 Å². The first-order valence-corrected chi connectivity index (χ1v) is 8.49. The molecule has 3 aromatic rings. The second-order valence-corrected chi connectivity index (χ2v) is 5.75. The summed E-state index contributed by atoms with van der Waals surface area (Å²) in [5.41, 5.74) is 1.02. The molecule has 2 amide bonds. The number of hydrogen-bond acceptors (Lipinski definition) is 5. The quantitative estimate of drug-likeness (QED) is 0.660. The number of nitrogens with one attached hydrogen (secondary N) is 2. The number of nitrogens with zero attached hydrogens (tertiary/aromatic N) is 1. The molecule has 3 rings (SSSR count). The molecule has 0 aliphatic carbocycles. The van der Waals surface area contributed by atoms with Gasteiger partial charge in [0.2, 0.25) is 0 Å². The van der Waals surface area contributed by atoms with Crippen LogP contribution in [0.25, 0.3) is 0 Å². The molecule has 0 atom stereocenters. The Morgan fingerprint density at radius 2 is 1.82 bits per heavy atom. The van der Waals surface area contributed by atoms with Gasteiger partial charge >= 0.3 is 0 Å². The summed E-state index contributed by atoms with van der Waals surface area (Å²) < 4.78 is 10.6. The van der Waals surface area contributed by atoms with Crippen molar-refractivity contribution in [2.75, 3.05) is 11.9 Å². The van der Waals surface area contributed by atoms with Gasteiger partial charge in [0.15, 0.2) is 6.61 Å². The molecular formula is C21H17N3O4. The van der Waals surface area contributed by atoms with Crippen LogP contribution in [-0.2, 0) is 11.3 Å². The van der Waals surface area contributed by atoms with Crippen LogP contribution in [0.15, 0.2) is 71.3 Å². The second kappa shape index (κ2) is 9.05. The molecule has 0 unspecified atom stereocenters. The number of rotatable bonds is 7. The Bertz CT molecular complexity index is 1010. The van der Waals surface area contributed by atoms with Gasteiger partial charge in [0.1, 0.15) is 17.6 Å². The van der Waals surface area contributed by atoms with Crippen LogP contribution in [-0.4, -0.2) is 18.4 Å². The minimum Gasteiger partial charge on any atom is -0.482 e. The molecular weight excluding hydrogens is 358 g/mol. The number of anilines is 1. The first-order chi connectivity index (χ1) is 13.7. The van der Waals surface area contributed by atoms with Gasteiger partial charge in [0.25, 0.3) is 11.8 Å². The van der Waals surface area contributed by atoms with E-state index in [1.807, 2.05) is 6.07 Å². The maximum absolute atomic E-state index is 12.4. The van der Waals surface area contributed by atoms with Crippen LogP contribution in [0.1, 0.15) is 21.7 Å². The molecule has 0 fully saturated rings. The minimum absolute atomic E-state index is 0.238. The van der Waals surface area contributed by atoms with Gasteiger partial charge < -0.3 is 19.8 Å². The standard InChI is InChI=1S/C21H17N3O4/c22-12-15-6-1-4-10-19(15)28-14-20(25)24-18-9-3-2-8-17(18)21(26)23-13-16-7-5-11-27-16/h1-11H,13-14H2,(H,23,26)(H,24,25). The maximum Gasteiger partial charge on any atom is 0.262 e. The zero-order valence-electron chi connectivity index (χ0n) is 14.8. The molecule has 1 heterocycles. The van der Waals surface area contributed by atoms with E-state index in [0.717, 1.165) is 0 Å². The zero-order valence-corrected chi connectivity index (χ0v) is 14.8. The molecule has 0 radical (unpaired) electrons. The molecule has 0 saturated carbocycles. The summed E-state index contributed by atoms with van der Waals surface area (Å²) in [6.45, 7) is -0.0524. The van der Waals surface area contributed by atoms with E-state index in [4.69, 9.17) is 14.4 Å². The SMILES string of the molecule is N#Cc1ccccc1OCC(=O)Nc1ccccc1C(=O)NCc1ccco1. The summed E-state index contributed by atoms with van der Waals surface area (Å²) in [6.07, 6.45) is 1.53. The van der Waals surface area contributed by atoms with Crippen LogP contribution in [0.2, 0.25) is 0 Å². The van der Waals surface area contributed by atoms with Gasteiger partial charge in [-0.3, -0.25) is 9.59 Å². The van der Waals surface area contributed by atoms with Crippen molar-refractivity contribution in [1.29, 1.82) is 5.26 Å². The monoisotopic (exact) mass is 375 g/mol. The van der Waals surface area contributed by atoms with Crippen molar-refractivity contribution in [3.05, 3.63) is 83.8 Å². The third kappa shape index (κ3) is 4.77. The Morgan fingerprint density at radius 1 is 1.04 bits per heavy atom. The van der Waals surface area contributed by atoms with Crippen LogP contribution in [0, 0.1) is 11.3 Å². The highest BCUT2D eigenvalue weighted by Gasteiger charge is 2.14. The summed E-state index contributed by atoms with van der Waals surface area (Å²) in [5.74, 6) is 0.158. The number of carbonyl (C=O) groups is 2. The lowest BCUT2D eigenvalue weighted by molar-refractivity contribution is -0.118. The second-order valence-electron chi connectivity index (χ2n) is 5.75. The van der Waals surface area contributed by atoms with Crippen LogP contribution < -0.4 is 15.4 Å². The van der Waals surface area contributed by atoms with Crippen molar-refractivity contribution in [3.8, 4) is 11.8 Å². The van der Waals surface area contributed by atoms with E-state index in [2.05, 4.69) is 10.6 Å². The number of benzene rings is 2. The highest BCUT2D eigenvalue weighted by molar-refractivity contribution is 6.04. The van der Waals surface area contributed by atoms with Crippen molar-refractivity contribution in [2.24, 2.45) is 0 Å². The largest absolute Gasteiger partial charge is 0.482 e. The van der Waals surface area contributed by atoms with Crippen molar-refractivity contribution >= 4 is 17.5 Å². The van der Waals surface area contributed by atoms with Crippen LogP contribution >= 0.6 is 0 Å². The molecule has 0 saturated heterocycles. The van der Waals surface area contributed by atoms with E-state index in [1.54, 1.807) is 60.7 Å². The number of amides is 2. The Labute approximate surface area is 161 Å². The fourth-order valence-corrected chi connectivity index (χ4v) is 2.48. The molecule has 0 aliphatic heterocycles. The summed E-state index contributed by atoms with van der Waals surface area (Å²) in [5, 5.41) is 14.5. The van der Waals surface area contributed by atoms with Crippen LogP contribution in [0.4, 0.5) is 5.69 Å². The normalized spacial score (nSPS) is 9.96. The lowest BCUT2D eigenvalue weighted by Gasteiger charge is -2.12. The number of carbonyl (C=O) groups excluding carboxylic acids is 2. The average molecular weight is 375 g/mol. The fraction of sp³-hybridized carbons (Fsp3) is 0.0952. The van der Waals surface area contributed by atoms with Gasteiger partial charge in [-0.1, -0.05) is 24.3 Å². The molecule has 0 spiro atoms. The minimum atomic E-state index is -0.445. The third-order valence-electron chi connectivity index (χ3n) is 3.82. The molecule has 140 valence electrons. The van der Waals surface area contributed by atoms with E-state index in [0.29, 0.717) is 28.3 Å². The van der Waals surface area contributed by atoms with Gasteiger partial charge in [0, 0.05) is 0 Å². The highest BCUT2D eigenvalue weighted by Crippen LogP contribution is 2.18. The van der Waals surface area contributed by atoms with Crippen molar-refractivity contribution in [2.45, 2.75) is 6.54 Å². The van der Waals surface area contributed by atoms with Crippen LogP contribution in [0.5, 0.6) is 5.75 Å². The topological polar surface area (TPSA) is 104 Å². The Morgan fingerprint density at radius 3 is 2.61 bits per heavy atom. The number of ether oxygens (including phenoxy) is 1. The Kier molecular flexibility index (Phi) is 6.06. The number of nitriles is 1. The zero-order chi connectivity index (χ0) is 19.8. The smallest absolute Gasteiger partial charge is 0.262 e. The van der Waals surface area contributed by atoms with Crippen molar-refractivity contribution in [1.82, 2.24) is 5.32 Å². The van der Waals surface area contributed by atoms with E-state index in [9.17, 15) is 9.59 Å². The van der Waals surface area contributed by atoms with Crippen LogP contribution in [0.3, 0.4) is 0 Å². The molecule has 0 bridgehead atoms. The predicted molar refractivity (Wildman–Crippen MR) is 102 cm³/mol. The summed E-state index contributed by atoms with van der Waals surface area (Å²) >= 11 is 0. The molecule has 0 aliphatic rings. The summed E-state index contributed by atoms with van der Waals surface area (Å²) in [6, 6.07) is 18.8. The molecule has 2 aromatic carbocycles. The molecule has 28 heavy (non-hydrogen) atoms. The predicted octanol–water partition coefficient (Wildman–Crippen LogP) is 3.10. The van der Waals surface area contributed by atoms with Gasteiger partial charge in [0.05, 0.1) is 29.6 Å². The summed E-state index contributed by atoms with van der Waals surface area (Å²) in [7, 11) is 0. The van der Waals surface area contributed by atoms with E-state index in [-0.39, 0.29) is 19.1 Å². The van der Waals surface area contributed by atoms with Gasteiger partial charge in [-0.15, -0.1) is 0 Å². The van der Waals surface area contributed by atoms with E-state index in [1.165, 1.54) is 6.26 Å². The lowest BCUT2D eigenvalue weighted by Crippen LogP contribution is -2.26. The molecule has 1 aromatic heterocycles. The van der Waals surface area contributed by atoms with Gasteiger partial charge in [-0.05, 0) is 36.4 Å². The third-order valence-corrected chi connectivity index (χ3v) is 3.82. The fourth-order valence-electron chi connectivity index (χ4n) is 2.48. The Balaban J connectivity index is 1.61. The first-order valence-electron chi connectivity index (χ1n) is 8.49. The van der Waals surface area contributed by atoms with E-state index < -0.39 is 5.91 Å². The van der Waals surface area contributed by atoms with Gasteiger partial charge in [-0.25, -0.2) is 0 Å². The number of hydrogen-bond donors (Lipinski definition) is 2. The van der Waals surface area contributed by atoms with Crippen molar-refractivity contribution < 1.29 is 18.7 Å². The maximum atomic E-state index is 12.4. The highest BCUT2D eigenvalue weighted by atomic mass is 16.5. The molecule has 7 heteroatoms. The first kappa shape index (κ1) is 18.7. The Hall–Kier alpha value is -4.05. The average Bonchev–Trinajstić information content (AvgIpc) is 3.25.